The number of thiazole rings is 1. The molecule has 7 nitrogen and oxygen atoms in total. The van der Waals surface area contributed by atoms with Gasteiger partial charge in [0.1, 0.15) is 10.7 Å². The van der Waals surface area contributed by atoms with Crippen LogP contribution >= 0.6 is 11.3 Å². The number of nitrogens with one attached hydrogen (secondary N) is 2. The molecule has 0 aliphatic carbocycles. The van der Waals surface area contributed by atoms with Crippen molar-refractivity contribution in [1.82, 2.24) is 9.71 Å². The second-order valence-electron chi connectivity index (χ2n) is 7.77. The minimum absolute atomic E-state index is 0.110. The Kier molecular flexibility index (Phi) is 7.78. The third-order valence-corrected chi connectivity index (χ3v) is 7.25. The topological polar surface area (TPSA) is 97.4 Å². The highest BCUT2D eigenvalue weighted by molar-refractivity contribution is 7.89. The number of amides is 1. The van der Waals surface area contributed by atoms with Gasteiger partial charge in [0.15, 0.2) is 0 Å². The molecule has 170 valence electrons. The number of carbonyl (C=O) groups excluding carboxylic acids is 1. The van der Waals surface area contributed by atoms with Gasteiger partial charge in [-0.05, 0) is 42.7 Å². The Balaban J connectivity index is 1.66. The first-order valence-electron chi connectivity index (χ1n) is 10.2. The summed E-state index contributed by atoms with van der Waals surface area (Å²) in [6, 6.07) is 13.8. The molecule has 0 spiro atoms. The van der Waals surface area contributed by atoms with E-state index in [1.807, 2.05) is 12.1 Å². The molecule has 0 aliphatic heterocycles. The van der Waals surface area contributed by atoms with Crippen LogP contribution in [0.3, 0.4) is 0 Å². The summed E-state index contributed by atoms with van der Waals surface area (Å²) in [5.41, 5.74) is 3.00. The van der Waals surface area contributed by atoms with Gasteiger partial charge in [0.2, 0.25) is 10.0 Å². The second kappa shape index (κ2) is 10.4. The summed E-state index contributed by atoms with van der Waals surface area (Å²) in [5, 5.41) is 5.23. The molecule has 1 unspecified atom stereocenters. The lowest BCUT2D eigenvalue weighted by Gasteiger charge is -2.13. The van der Waals surface area contributed by atoms with Gasteiger partial charge in [-0.1, -0.05) is 38.1 Å². The number of anilines is 1. The van der Waals surface area contributed by atoms with Crippen molar-refractivity contribution in [2.45, 2.75) is 37.6 Å². The second-order valence-corrected chi connectivity index (χ2v) is 10.3. The molecule has 1 aromatic heterocycles. The van der Waals surface area contributed by atoms with Crippen LogP contribution in [0.4, 0.5) is 5.69 Å². The Bertz CT molecular complexity index is 1150. The van der Waals surface area contributed by atoms with Crippen molar-refractivity contribution in [2.75, 3.05) is 19.0 Å². The molecule has 3 aromatic rings. The molecule has 0 saturated carbocycles. The molecule has 32 heavy (non-hydrogen) atoms. The Morgan fingerprint density at radius 3 is 2.31 bits per heavy atom. The van der Waals surface area contributed by atoms with Gasteiger partial charge in [-0.25, -0.2) is 18.1 Å². The first-order chi connectivity index (χ1) is 15.2. The van der Waals surface area contributed by atoms with Crippen molar-refractivity contribution in [1.29, 1.82) is 0 Å². The number of hydrogen-bond acceptors (Lipinski definition) is 6. The zero-order valence-corrected chi connectivity index (χ0v) is 20.1. The van der Waals surface area contributed by atoms with Gasteiger partial charge in [0.25, 0.3) is 5.91 Å². The lowest BCUT2D eigenvalue weighted by atomic mass is 10.0. The number of benzene rings is 2. The molecule has 0 aliphatic rings. The van der Waals surface area contributed by atoms with Gasteiger partial charge in [-0.15, -0.1) is 11.3 Å². The maximum atomic E-state index is 12.6. The molecule has 2 N–H and O–H groups in total. The van der Waals surface area contributed by atoms with Crippen molar-refractivity contribution in [2.24, 2.45) is 0 Å². The van der Waals surface area contributed by atoms with Crippen molar-refractivity contribution in [3.8, 4) is 10.6 Å². The molecular weight excluding hydrogens is 446 g/mol. The molecule has 0 saturated heterocycles. The molecule has 1 atom stereocenters. The molecule has 9 heteroatoms. The van der Waals surface area contributed by atoms with E-state index < -0.39 is 10.0 Å². The normalized spacial score (nSPS) is 12.7. The Morgan fingerprint density at radius 2 is 1.72 bits per heavy atom. The van der Waals surface area contributed by atoms with Crippen molar-refractivity contribution < 1.29 is 17.9 Å². The minimum Gasteiger partial charge on any atom is -0.383 e. The molecule has 0 fully saturated rings. The van der Waals surface area contributed by atoms with E-state index in [0.717, 1.165) is 10.6 Å². The zero-order chi connectivity index (χ0) is 23.3. The van der Waals surface area contributed by atoms with Gasteiger partial charge in [-0.3, -0.25) is 4.79 Å². The van der Waals surface area contributed by atoms with E-state index in [2.05, 4.69) is 41.0 Å². The Labute approximate surface area is 192 Å². The fraction of sp³-hybridized carbons (Fsp3) is 0.304. The van der Waals surface area contributed by atoms with E-state index in [9.17, 15) is 13.2 Å². The molecule has 1 amide bonds. The zero-order valence-electron chi connectivity index (χ0n) is 18.5. The summed E-state index contributed by atoms with van der Waals surface area (Å²) in [6.07, 6.45) is 0. The van der Waals surface area contributed by atoms with Gasteiger partial charge in [-0.2, -0.15) is 0 Å². The Hall–Kier alpha value is -2.59. The van der Waals surface area contributed by atoms with Crippen LogP contribution in [-0.4, -0.2) is 39.1 Å². The predicted molar refractivity (Wildman–Crippen MR) is 128 cm³/mol. The third kappa shape index (κ3) is 6.01. The number of ether oxygens (including phenoxy) is 1. The standard InChI is InChI=1S/C23H27N3O4S2/c1-15(2)17-5-7-18(8-6-17)23-25-21(14-31-23)22(27)24-19-9-11-20(12-10-19)32(28,29)26-16(3)13-30-4/h5-12,14-16,26H,13H2,1-4H3,(H,24,27). The van der Waals surface area contributed by atoms with E-state index >= 15 is 0 Å². The summed E-state index contributed by atoms with van der Waals surface area (Å²) in [7, 11) is -2.16. The Morgan fingerprint density at radius 1 is 1.06 bits per heavy atom. The number of nitrogens with zero attached hydrogens (tertiary/aromatic N) is 1. The number of hydrogen-bond donors (Lipinski definition) is 2. The van der Waals surface area contributed by atoms with Crippen molar-refractivity contribution in [3.05, 3.63) is 65.2 Å². The van der Waals surface area contributed by atoms with Gasteiger partial charge < -0.3 is 10.1 Å². The van der Waals surface area contributed by atoms with E-state index in [4.69, 9.17) is 4.74 Å². The summed E-state index contributed by atoms with van der Waals surface area (Å²) >= 11 is 1.40. The molecule has 0 radical (unpaired) electrons. The molecule has 1 heterocycles. The highest BCUT2D eigenvalue weighted by Gasteiger charge is 2.18. The molecule has 0 bridgehead atoms. The summed E-state index contributed by atoms with van der Waals surface area (Å²) in [4.78, 5) is 17.1. The van der Waals surface area contributed by atoms with Crippen LogP contribution in [0, 0.1) is 0 Å². The van der Waals surface area contributed by atoms with Crippen LogP contribution in [0.15, 0.2) is 58.8 Å². The third-order valence-electron chi connectivity index (χ3n) is 4.76. The van der Waals surface area contributed by atoms with Crippen LogP contribution in [0.1, 0.15) is 42.7 Å². The monoisotopic (exact) mass is 473 g/mol. The fourth-order valence-corrected chi connectivity index (χ4v) is 5.09. The quantitative estimate of drug-likeness (QED) is 0.477. The van der Waals surface area contributed by atoms with Crippen LogP contribution in [0.25, 0.3) is 10.6 Å². The summed E-state index contributed by atoms with van der Waals surface area (Å²) < 4.78 is 32.3. The smallest absolute Gasteiger partial charge is 0.275 e. The van der Waals surface area contributed by atoms with Crippen LogP contribution in [0.5, 0.6) is 0 Å². The summed E-state index contributed by atoms with van der Waals surface area (Å²) in [5.74, 6) is 0.0985. The van der Waals surface area contributed by atoms with Crippen LogP contribution in [-0.2, 0) is 14.8 Å². The first kappa shape index (κ1) is 24.1. The van der Waals surface area contributed by atoms with Crippen molar-refractivity contribution in [3.63, 3.8) is 0 Å². The van der Waals surface area contributed by atoms with Crippen LogP contribution in [0.2, 0.25) is 0 Å². The highest BCUT2D eigenvalue weighted by Crippen LogP contribution is 2.26. The van der Waals surface area contributed by atoms with Gasteiger partial charge in [0.05, 0.1) is 11.5 Å². The molecule has 3 rings (SSSR count). The SMILES string of the molecule is COCC(C)NS(=O)(=O)c1ccc(NC(=O)c2csc(-c3ccc(C(C)C)cc3)n2)cc1. The average molecular weight is 474 g/mol. The number of sulfonamides is 1. The maximum Gasteiger partial charge on any atom is 0.275 e. The lowest BCUT2D eigenvalue weighted by Crippen LogP contribution is -2.35. The number of rotatable bonds is 9. The van der Waals surface area contributed by atoms with Gasteiger partial charge in [0, 0.05) is 29.8 Å². The number of aromatic nitrogens is 1. The highest BCUT2D eigenvalue weighted by atomic mass is 32.2. The number of methoxy groups -OCH3 is 1. The van der Waals surface area contributed by atoms with Gasteiger partial charge >= 0.3 is 0 Å². The molecular formula is C23H27N3O4S2. The number of carbonyl (C=O) groups is 1. The van der Waals surface area contributed by atoms with E-state index in [1.54, 1.807) is 24.4 Å². The van der Waals surface area contributed by atoms with E-state index in [-0.39, 0.29) is 23.5 Å². The predicted octanol–water partition coefficient (Wildman–Crippen LogP) is 4.50. The first-order valence-corrected chi connectivity index (χ1v) is 12.5. The molecule has 2 aromatic carbocycles. The lowest BCUT2D eigenvalue weighted by molar-refractivity contribution is 0.102. The van der Waals surface area contributed by atoms with Crippen LogP contribution < -0.4 is 10.0 Å². The summed E-state index contributed by atoms with van der Waals surface area (Å²) in [6.45, 7) is 6.27. The van der Waals surface area contributed by atoms with E-state index in [1.165, 1.54) is 36.1 Å². The maximum absolute atomic E-state index is 12.6. The largest absolute Gasteiger partial charge is 0.383 e. The fourth-order valence-electron chi connectivity index (χ4n) is 3.05. The average Bonchev–Trinajstić information content (AvgIpc) is 3.24. The van der Waals surface area contributed by atoms with E-state index in [0.29, 0.717) is 17.3 Å². The minimum atomic E-state index is -3.67. The van der Waals surface area contributed by atoms with Crippen molar-refractivity contribution >= 4 is 33.0 Å².